The Morgan fingerprint density at radius 3 is 3.09 bits per heavy atom. The van der Waals surface area contributed by atoms with Crippen LogP contribution in [-0.2, 0) is 0 Å². The molecule has 60 valence electrons. The van der Waals surface area contributed by atoms with Crippen molar-refractivity contribution >= 4 is 18.7 Å². The van der Waals surface area contributed by atoms with Gasteiger partial charge in [0.2, 0.25) is 0 Å². The van der Waals surface area contributed by atoms with E-state index in [0.717, 1.165) is 0 Å². The molecule has 0 aliphatic heterocycles. The van der Waals surface area contributed by atoms with Gasteiger partial charge in [0.15, 0.2) is 0 Å². The van der Waals surface area contributed by atoms with Crippen molar-refractivity contribution in [3.05, 3.63) is 18.7 Å². The number of rotatable bonds is 2. The lowest BCUT2D eigenvalue weighted by molar-refractivity contribution is 0.243. The molecule has 1 N–H and O–H groups in total. The van der Waals surface area contributed by atoms with E-state index in [1.54, 1.807) is 12.4 Å². The fourth-order valence-electron chi connectivity index (χ4n) is 0.633. The molecule has 0 fully saturated rings. The van der Waals surface area contributed by atoms with E-state index < -0.39 is 0 Å². The van der Waals surface area contributed by atoms with E-state index in [1.807, 2.05) is 0 Å². The predicted molar refractivity (Wildman–Crippen MR) is 44.9 cm³/mol. The molecule has 5 heteroatoms. The fourth-order valence-corrected chi connectivity index (χ4v) is 0.745. The second-order valence-electron chi connectivity index (χ2n) is 1.93. The summed E-state index contributed by atoms with van der Waals surface area (Å²) in [5.41, 5.74) is 0. The highest BCUT2D eigenvalue weighted by Gasteiger charge is 1.99. The lowest BCUT2D eigenvalue weighted by Gasteiger charge is -2.01. The molecule has 11 heavy (non-hydrogen) atoms. The van der Waals surface area contributed by atoms with E-state index in [1.165, 1.54) is 10.9 Å². The summed E-state index contributed by atoms with van der Waals surface area (Å²) in [5.74, 6) is 0.639. The van der Waals surface area contributed by atoms with E-state index >= 15 is 0 Å². The maximum absolute atomic E-state index is 11.0. The van der Waals surface area contributed by atoms with Gasteiger partial charge in [-0.25, -0.2) is 9.78 Å². The zero-order valence-electron chi connectivity index (χ0n) is 5.90. The minimum absolute atomic E-state index is 0.170. The standard InChI is InChI=1S/C6H9N3OS/c10-6(8-2-4-11)9-3-1-7-5-9/h1,3,5,11H,2,4H2,(H,8,10). The number of carbonyl (C=O) groups is 1. The summed E-state index contributed by atoms with van der Waals surface area (Å²) in [6.45, 7) is 0.570. The molecule has 1 aromatic heterocycles. The smallest absolute Gasteiger partial charge is 0.326 e. The zero-order chi connectivity index (χ0) is 8.10. The molecular formula is C6H9N3OS. The molecule has 0 spiro atoms. The highest BCUT2D eigenvalue weighted by atomic mass is 32.1. The molecule has 0 saturated carbocycles. The molecule has 0 bridgehead atoms. The van der Waals surface area contributed by atoms with Gasteiger partial charge in [-0.05, 0) is 0 Å². The van der Waals surface area contributed by atoms with Crippen LogP contribution < -0.4 is 5.32 Å². The zero-order valence-corrected chi connectivity index (χ0v) is 6.79. The topological polar surface area (TPSA) is 46.9 Å². The van der Waals surface area contributed by atoms with Crippen molar-refractivity contribution < 1.29 is 4.79 Å². The molecular weight excluding hydrogens is 162 g/mol. The summed E-state index contributed by atoms with van der Waals surface area (Å²) < 4.78 is 1.38. The van der Waals surface area contributed by atoms with Crippen molar-refractivity contribution in [2.24, 2.45) is 0 Å². The lowest BCUT2D eigenvalue weighted by atomic mass is 10.7. The maximum Gasteiger partial charge on any atom is 0.326 e. The Balaban J connectivity index is 2.43. The van der Waals surface area contributed by atoms with E-state index in [4.69, 9.17) is 0 Å². The molecule has 1 amide bonds. The number of carbonyl (C=O) groups excluding carboxylic acids is 1. The van der Waals surface area contributed by atoms with Crippen LogP contribution in [0.15, 0.2) is 18.7 Å². The van der Waals surface area contributed by atoms with Gasteiger partial charge in [-0.1, -0.05) is 0 Å². The third kappa shape index (κ3) is 2.27. The van der Waals surface area contributed by atoms with E-state index in [0.29, 0.717) is 12.3 Å². The van der Waals surface area contributed by atoms with Gasteiger partial charge in [-0.2, -0.15) is 12.6 Å². The largest absolute Gasteiger partial charge is 0.337 e. The highest BCUT2D eigenvalue weighted by molar-refractivity contribution is 7.80. The van der Waals surface area contributed by atoms with Gasteiger partial charge in [0.1, 0.15) is 6.33 Å². The first-order chi connectivity index (χ1) is 5.34. The third-order valence-electron chi connectivity index (χ3n) is 1.13. The van der Waals surface area contributed by atoms with Crippen LogP contribution in [-0.4, -0.2) is 27.9 Å². The first-order valence-electron chi connectivity index (χ1n) is 3.21. The van der Waals surface area contributed by atoms with Gasteiger partial charge in [-0.15, -0.1) is 0 Å². The van der Waals surface area contributed by atoms with Crippen LogP contribution >= 0.6 is 12.6 Å². The number of thiol groups is 1. The Morgan fingerprint density at radius 1 is 1.73 bits per heavy atom. The number of imidazole rings is 1. The molecule has 0 aliphatic rings. The van der Waals surface area contributed by atoms with Crippen molar-refractivity contribution in [2.75, 3.05) is 12.3 Å². The van der Waals surface area contributed by atoms with Gasteiger partial charge in [-0.3, -0.25) is 4.57 Å². The van der Waals surface area contributed by atoms with Crippen molar-refractivity contribution in [3.8, 4) is 0 Å². The average Bonchev–Trinajstić information content (AvgIpc) is 2.52. The molecule has 0 atom stereocenters. The van der Waals surface area contributed by atoms with Gasteiger partial charge in [0.05, 0.1) is 0 Å². The maximum atomic E-state index is 11.0. The van der Waals surface area contributed by atoms with Gasteiger partial charge in [0, 0.05) is 24.7 Å². The van der Waals surface area contributed by atoms with E-state index in [2.05, 4.69) is 22.9 Å². The van der Waals surface area contributed by atoms with Gasteiger partial charge >= 0.3 is 6.03 Å². The number of aromatic nitrogens is 2. The molecule has 0 aliphatic carbocycles. The Labute approximate surface area is 70.0 Å². The first kappa shape index (κ1) is 8.13. The Morgan fingerprint density at radius 2 is 2.55 bits per heavy atom. The first-order valence-corrected chi connectivity index (χ1v) is 3.85. The molecule has 0 unspecified atom stereocenters. The summed E-state index contributed by atoms with van der Waals surface area (Å²) in [4.78, 5) is 14.8. The van der Waals surface area contributed by atoms with Crippen LogP contribution in [0, 0.1) is 0 Å². The SMILES string of the molecule is O=C(NCCS)n1ccnc1. The Kier molecular flexibility index (Phi) is 2.97. The van der Waals surface area contributed by atoms with Gasteiger partial charge in [0.25, 0.3) is 0 Å². The summed E-state index contributed by atoms with van der Waals surface area (Å²) >= 11 is 3.95. The fraction of sp³-hybridized carbons (Fsp3) is 0.333. The minimum Gasteiger partial charge on any atom is -0.337 e. The number of nitrogens with zero attached hydrogens (tertiary/aromatic N) is 2. The summed E-state index contributed by atoms with van der Waals surface area (Å²) in [6.07, 6.45) is 4.60. The second-order valence-corrected chi connectivity index (χ2v) is 2.37. The highest BCUT2D eigenvalue weighted by Crippen LogP contribution is 1.83. The molecule has 0 saturated heterocycles. The molecule has 0 radical (unpaired) electrons. The quantitative estimate of drug-likeness (QED) is 0.631. The molecule has 1 rings (SSSR count). The van der Waals surface area contributed by atoms with Crippen LogP contribution in [0.5, 0.6) is 0 Å². The number of nitrogens with one attached hydrogen (secondary N) is 1. The normalized spacial score (nSPS) is 9.55. The number of amides is 1. The lowest BCUT2D eigenvalue weighted by Crippen LogP contribution is -2.29. The number of hydrogen-bond donors (Lipinski definition) is 2. The summed E-state index contributed by atoms with van der Waals surface area (Å²) in [6, 6.07) is -0.170. The summed E-state index contributed by atoms with van der Waals surface area (Å²) in [5, 5.41) is 2.64. The van der Waals surface area contributed by atoms with Crippen LogP contribution in [0.2, 0.25) is 0 Å². The van der Waals surface area contributed by atoms with E-state index in [-0.39, 0.29) is 6.03 Å². The van der Waals surface area contributed by atoms with Crippen molar-refractivity contribution in [3.63, 3.8) is 0 Å². The van der Waals surface area contributed by atoms with Crippen LogP contribution in [0.3, 0.4) is 0 Å². The molecule has 1 aromatic rings. The van der Waals surface area contributed by atoms with Crippen LogP contribution in [0.1, 0.15) is 0 Å². The molecule has 4 nitrogen and oxygen atoms in total. The van der Waals surface area contributed by atoms with Crippen molar-refractivity contribution in [1.29, 1.82) is 0 Å². The summed E-state index contributed by atoms with van der Waals surface area (Å²) in [7, 11) is 0. The Bertz CT molecular complexity index is 222. The van der Waals surface area contributed by atoms with Crippen molar-refractivity contribution in [2.45, 2.75) is 0 Å². The monoisotopic (exact) mass is 171 g/mol. The Hall–Kier alpha value is -0.970. The number of hydrogen-bond acceptors (Lipinski definition) is 3. The third-order valence-corrected chi connectivity index (χ3v) is 1.35. The van der Waals surface area contributed by atoms with E-state index in [9.17, 15) is 4.79 Å². The predicted octanol–water partition coefficient (Wildman–Crippen LogP) is 0.371. The van der Waals surface area contributed by atoms with Crippen LogP contribution in [0.4, 0.5) is 4.79 Å². The van der Waals surface area contributed by atoms with Crippen molar-refractivity contribution in [1.82, 2.24) is 14.9 Å². The molecule has 0 aromatic carbocycles. The second kappa shape index (κ2) is 4.02. The average molecular weight is 171 g/mol. The molecule has 1 heterocycles. The van der Waals surface area contributed by atoms with Crippen LogP contribution in [0.25, 0.3) is 0 Å². The van der Waals surface area contributed by atoms with Gasteiger partial charge < -0.3 is 5.32 Å². The minimum atomic E-state index is -0.170.